The zero-order chi connectivity index (χ0) is 14.7. The largest absolute Gasteiger partial charge is 0.421 e. The number of hydrogen-bond donors (Lipinski definition) is 1. The molecular weight excluding hydrogens is 273 g/mol. The fraction of sp³-hybridized carbons (Fsp3) is 0.357. The van der Waals surface area contributed by atoms with E-state index < -0.39 is 5.82 Å². The van der Waals surface area contributed by atoms with Gasteiger partial charge >= 0.3 is 6.01 Å². The van der Waals surface area contributed by atoms with Crippen molar-refractivity contribution in [1.82, 2.24) is 15.0 Å². The predicted molar refractivity (Wildman–Crippen MR) is 76.8 cm³/mol. The van der Waals surface area contributed by atoms with Crippen molar-refractivity contribution in [3.63, 3.8) is 0 Å². The Morgan fingerprint density at radius 3 is 2.57 bits per heavy atom. The second-order valence-electron chi connectivity index (χ2n) is 4.86. The van der Waals surface area contributed by atoms with Crippen molar-refractivity contribution in [3.05, 3.63) is 30.1 Å². The SMILES string of the molecule is Nc1nc(Oc2ccccc2F)nc(N2CCCCC2)n1. The van der Waals surface area contributed by atoms with Crippen LogP contribution in [0.5, 0.6) is 11.8 Å². The molecule has 1 aliphatic rings. The van der Waals surface area contributed by atoms with Crippen molar-refractivity contribution in [2.45, 2.75) is 19.3 Å². The molecule has 1 fully saturated rings. The maximum absolute atomic E-state index is 13.6. The third-order valence-corrected chi connectivity index (χ3v) is 3.30. The zero-order valence-corrected chi connectivity index (χ0v) is 11.5. The molecule has 110 valence electrons. The van der Waals surface area contributed by atoms with Gasteiger partial charge in [-0.1, -0.05) is 12.1 Å². The van der Waals surface area contributed by atoms with Gasteiger partial charge in [-0.3, -0.25) is 0 Å². The molecule has 2 N–H and O–H groups in total. The molecule has 0 spiro atoms. The molecule has 0 atom stereocenters. The average Bonchev–Trinajstić information content (AvgIpc) is 2.50. The summed E-state index contributed by atoms with van der Waals surface area (Å²) in [6.07, 6.45) is 3.39. The van der Waals surface area contributed by atoms with E-state index in [0.29, 0.717) is 5.95 Å². The van der Waals surface area contributed by atoms with Gasteiger partial charge < -0.3 is 15.4 Å². The summed E-state index contributed by atoms with van der Waals surface area (Å²) in [6.45, 7) is 1.76. The van der Waals surface area contributed by atoms with Crippen LogP contribution < -0.4 is 15.4 Å². The van der Waals surface area contributed by atoms with Crippen LogP contribution in [0.1, 0.15) is 19.3 Å². The Balaban J connectivity index is 1.85. The number of nitrogens with two attached hydrogens (primary N) is 1. The number of anilines is 2. The van der Waals surface area contributed by atoms with Crippen LogP contribution in [0.15, 0.2) is 24.3 Å². The maximum Gasteiger partial charge on any atom is 0.328 e. The van der Waals surface area contributed by atoms with Crippen LogP contribution in [-0.4, -0.2) is 28.0 Å². The van der Waals surface area contributed by atoms with Crippen molar-refractivity contribution in [2.24, 2.45) is 0 Å². The Morgan fingerprint density at radius 2 is 1.81 bits per heavy atom. The minimum atomic E-state index is -0.476. The molecule has 1 saturated heterocycles. The molecule has 1 aromatic carbocycles. The number of ether oxygens (including phenoxy) is 1. The topological polar surface area (TPSA) is 77.2 Å². The number of nitrogen functional groups attached to an aromatic ring is 1. The van der Waals surface area contributed by atoms with Crippen molar-refractivity contribution >= 4 is 11.9 Å². The molecule has 2 aromatic rings. The summed E-state index contributed by atoms with van der Waals surface area (Å²) in [7, 11) is 0. The Labute approximate surface area is 121 Å². The van der Waals surface area contributed by atoms with Crippen LogP contribution in [0.3, 0.4) is 0 Å². The molecule has 0 unspecified atom stereocenters. The average molecular weight is 289 g/mol. The number of hydrogen-bond acceptors (Lipinski definition) is 6. The standard InChI is InChI=1S/C14H16FN5O/c15-10-6-2-3-7-11(10)21-14-18-12(16)17-13(19-14)20-8-4-1-5-9-20/h2-3,6-7H,1,4-5,8-9H2,(H2,16,17,18,19). The highest BCUT2D eigenvalue weighted by atomic mass is 19.1. The van der Waals surface area contributed by atoms with E-state index in [1.165, 1.54) is 18.6 Å². The zero-order valence-electron chi connectivity index (χ0n) is 11.5. The van der Waals surface area contributed by atoms with Gasteiger partial charge in [0.05, 0.1) is 0 Å². The van der Waals surface area contributed by atoms with Gasteiger partial charge in [0.25, 0.3) is 0 Å². The first-order valence-electron chi connectivity index (χ1n) is 6.91. The summed E-state index contributed by atoms with van der Waals surface area (Å²) in [4.78, 5) is 14.3. The van der Waals surface area contributed by atoms with E-state index >= 15 is 0 Å². The van der Waals surface area contributed by atoms with E-state index in [9.17, 15) is 4.39 Å². The second-order valence-corrected chi connectivity index (χ2v) is 4.86. The summed E-state index contributed by atoms with van der Waals surface area (Å²) >= 11 is 0. The number of nitrogens with zero attached hydrogens (tertiary/aromatic N) is 4. The van der Waals surface area contributed by atoms with E-state index in [2.05, 4.69) is 15.0 Å². The van der Waals surface area contributed by atoms with Crippen LogP contribution in [0.25, 0.3) is 0 Å². The summed E-state index contributed by atoms with van der Waals surface area (Å²) in [5.41, 5.74) is 5.70. The monoisotopic (exact) mass is 289 g/mol. The molecule has 21 heavy (non-hydrogen) atoms. The predicted octanol–water partition coefficient (Wildman–Crippen LogP) is 2.38. The van der Waals surface area contributed by atoms with Gasteiger partial charge in [0.15, 0.2) is 11.6 Å². The smallest absolute Gasteiger partial charge is 0.328 e. The van der Waals surface area contributed by atoms with Crippen LogP contribution >= 0.6 is 0 Å². The fourth-order valence-corrected chi connectivity index (χ4v) is 2.27. The quantitative estimate of drug-likeness (QED) is 0.934. The molecule has 0 saturated carbocycles. The third-order valence-electron chi connectivity index (χ3n) is 3.30. The van der Waals surface area contributed by atoms with E-state index in [1.807, 2.05) is 4.90 Å². The van der Waals surface area contributed by atoms with Gasteiger partial charge in [0, 0.05) is 13.1 Å². The first kappa shape index (κ1) is 13.5. The maximum atomic E-state index is 13.6. The minimum absolute atomic E-state index is 0.00757. The van der Waals surface area contributed by atoms with Gasteiger partial charge in [0.1, 0.15) is 0 Å². The van der Waals surface area contributed by atoms with Crippen LogP contribution in [0.4, 0.5) is 16.3 Å². The molecule has 0 amide bonds. The van der Waals surface area contributed by atoms with Gasteiger partial charge in [-0.05, 0) is 31.4 Å². The Kier molecular flexibility index (Phi) is 3.81. The number of halogens is 1. The fourth-order valence-electron chi connectivity index (χ4n) is 2.27. The lowest BCUT2D eigenvalue weighted by Crippen LogP contribution is -2.31. The van der Waals surface area contributed by atoms with Gasteiger partial charge in [-0.2, -0.15) is 15.0 Å². The first-order chi connectivity index (χ1) is 10.2. The first-order valence-corrected chi connectivity index (χ1v) is 6.91. The van der Waals surface area contributed by atoms with E-state index in [1.54, 1.807) is 12.1 Å². The number of rotatable bonds is 3. The van der Waals surface area contributed by atoms with E-state index in [-0.39, 0.29) is 17.7 Å². The summed E-state index contributed by atoms with van der Waals surface area (Å²) < 4.78 is 19.0. The molecule has 0 bridgehead atoms. The van der Waals surface area contributed by atoms with Crippen LogP contribution in [0.2, 0.25) is 0 Å². The molecule has 0 aliphatic carbocycles. The minimum Gasteiger partial charge on any atom is -0.421 e. The van der Waals surface area contributed by atoms with Crippen molar-refractivity contribution < 1.29 is 9.13 Å². The number of para-hydroxylation sites is 1. The summed E-state index contributed by atoms with van der Waals surface area (Å²) in [6, 6.07) is 6.09. The normalized spacial score (nSPS) is 15.0. The summed E-state index contributed by atoms with van der Waals surface area (Å²) in [5.74, 6) is 0.133. The van der Waals surface area contributed by atoms with E-state index in [0.717, 1.165) is 25.9 Å². The van der Waals surface area contributed by atoms with Crippen molar-refractivity contribution in [2.75, 3.05) is 23.7 Å². The highest BCUT2D eigenvalue weighted by Gasteiger charge is 2.16. The Morgan fingerprint density at radius 1 is 1.05 bits per heavy atom. The highest BCUT2D eigenvalue weighted by Crippen LogP contribution is 2.24. The lowest BCUT2D eigenvalue weighted by Gasteiger charge is -2.26. The Bertz CT molecular complexity index is 631. The van der Waals surface area contributed by atoms with Gasteiger partial charge in [0.2, 0.25) is 11.9 Å². The van der Waals surface area contributed by atoms with Crippen LogP contribution in [0, 0.1) is 5.82 Å². The lowest BCUT2D eigenvalue weighted by molar-refractivity contribution is 0.409. The number of aromatic nitrogens is 3. The third kappa shape index (κ3) is 3.18. The molecule has 1 aliphatic heterocycles. The number of piperidine rings is 1. The van der Waals surface area contributed by atoms with E-state index in [4.69, 9.17) is 10.5 Å². The second kappa shape index (κ2) is 5.90. The van der Waals surface area contributed by atoms with Gasteiger partial charge in [-0.15, -0.1) is 0 Å². The van der Waals surface area contributed by atoms with Crippen LogP contribution in [-0.2, 0) is 0 Å². The molecule has 6 nitrogen and oxygen atoms in total. The molecular formula is C14H16FN5O. The molecule has 1 aromatic heterocycles. The van der Waals surface area contributed by atoms with Crippen molar-refractivity contribution in [1.29, 1.82) is 0 Å². The Hall–Kier alpha value is -2.44. The number of benzene rings is 1. The molecule has 3 rings (SSSR count). The lowest BCUT2D eigenvalue weighted by atomic mass is 10.1. The van der Waals surface area contributed by atoms with Gasteiger partial charge in [-0.25, -0.2) is 4.39 Å². The highest BCUT2D eigenvalue weighted by molar-refractivity contribution is 5.37. The summed E-state index contributed by atoms with van der Waals surface area (Å²) in [5, 5.41) is 0. The van der Waals surface area contributed by atoms with Crippen molar-refractivity contribution in [3.8, 4) is 11.8 Å². The molecule has 2 heterocycles. The molecule has 7 heteroatoms. The molecule has 0 radical (unpaired) electrons.